The number of hydrogen-bond donors (Lipinski definition) is 0. The van der Waals surface area contributed by atoms with Gasteiger partial charge in [0.15, 0.2) is 0 Å². The number of carbonyl (C=O) groups excluding carboxylic acids is 1. The Morgan fingerprint density at radius 3 is 2.67 bits per heavy atom. The Bertz CT molecular complexity index is 1100. The molecule has 176 valence electrons. The summed E-state index contributed by atoms with van der Waals surface area (Å²) in [4.78, 5) is 18.5. The number of ether oxygens (including phenoxy) is 2. The van der Waals surface area contributed by atoms with Crippen molar-refractivity contribution in [3.05, 3.63) is 40.7 Å². The summed E-state index contributed by atoms with van der Waals surface area (Å²) in [5.74, 6) is 0.534. The Morgan fingerprint density at radius 1 is 1.27 bits per heavy atom. The number of hydrogen-bond acceptors (Lipinski definition) is 8. The second-order valence-corrected chi connectivity index (χ2v) is 10.4. The summed E-state index contributed by atoms with van der Waals surface area (Å²) in [6.07, 6.45) is 2.54. The molecule has 1 aromatic carbocycles. The minimum atomic E-state index is -1.30. The van der Waals surface area contributed by atoms with Crippen LogP contribution in [0.4, 0.5) is 4.79 Å². The minimum absolute atomic E-state index is 0.0532. The molecular weight excluding hydrogens is 468 g/mol. The van der Waals surface area contributed by atoms with Crippen molar-refractivity contribution in [2.45, 2.75) is 39.2 Å². The van der Waals surface area contributed by atoms with Crippen LogP contribution in [-0.2, 0) is 15.5 Å². The fourth-order valence-corrected chi connectivity index (χ4v) is 5.02. The van der Waals surface area contributed by atoms with Gasteiger partial charge >= 0.3 is 6.09 Å². The van der Waals surface area contributed by atoms with Gasteiger partial charge in [-0.25, -0.2) is 18.7 Å². The van der Waals surface area contributed by atoms with E-state index in [1.807, 2.05) is 20.8 Å². The lowest BCUT2D eigenvalue weighted by molar-refractivity contribution is 0.0202. The highest BCUT2D eigenvalue weighted by Gasteiger charge is 2.32. The summed E-state index contributed by atoms with van der Waals surface area (Å²) in [7, 11) is -1.30. The number of benzene rings is 1. The predicted molar refractivity (Wildman–Crippen MR) is 124 cm³/mol. The van der Waals surface area contributed by atoms with Crippen LogP contribution in [0.1, 0.15) is 33.6 Å². The summed E-state index contributed by atoms with van der Waals surface area (Å²) in [5, 5.41) is 13.7. The maximum Gasteiger partial charge on any atom is 0.410 e. The minimum Gasteiger partial charge on any atom is -0.486 e. The molecule has 3 heterocycles. The number of piperidine rings is 1. The van der Waals surface area contributed by atoms with Crippen molar-refractivity contribution in [2.75, 3.05) is 19.7 Å². The molecule has 2 aliphatic heterocycles. The van der Waals surface area contributed by atoms with E-state index < -0.39 is 16.4 Å². The number of tetrazole rings is 1. The molecule has 1 amide bonds. The first-order valence-corrected chi connectivity index (χ1v) is 12.1. The van der Waals surface area contributed by atoms with E-state index in [0.717, 1.165) is 0 Å². The van der Waals surface area contributed by atoms with E-state index in [1.165, 1.54) is 11.0 Å². The van der Waals surface area contributed by atoms with E-state index in [2.05, 4.69) is 20.5 Å². The summed E-state index contributed by atoms with van der Waals surface area (Å²) in [5.41, 5.74) is 0.774. The standard InChI is InChI=1S/C21H25ClN6O4S/c1-21(2,3)32-20(29)27-8-6-14(7-9-27)19-24-15(12-33(19)30)11-31-18-5-4-16(10-17(18)22)28-13-23-25-26-28/h4-5,10,12-14H,6-9,11H2,1-3H3. The van der Waals surface area contributed by atoms with Crippen LogP contribution in [0.25, 0.3) is 5.69 Å². The van der Waals surface area contributed by atoms with Gasteiger partial charge in [-0.3, -0.25) is 0 Å². The van der Waals surface area contributed by atoms with Crippen molar-refractivity contribution in [3.63, 3.8) is 0 Å². The molecule has 1 fully saturated rings. The Morgan fingerprint density at radius 2 is 2.03 bits per heavy atom. The van der Waals surface area contributed by atoms with Crippen LogP contribution in [0.3, 0.4) is 0 Å². The van der Waals surface area contributed by atoms with Crippen LogP contribution in [0, 0.1) is 5.92 Å². The summed E-state index contributed by atoms with van der Waals surface area (Å²) in [6.45, 7) is 6.78. The molecular formula is C21H25ClN6O4S. The van der Waals surface area contributed by atoms with Gasteiger partial charge in [-0.15, -0.1) is 5.10 Å². The largest absolute Gasteiger partial charge is 0.486 e. The quantitative estimate of drug-likeness (QED) is 0.629. The van der Waals surface area contributed by atoms with E-state index >= 15 is 0 Å². The summed E-state index contributed by atoms with van der Waals surface area (Å²) < 4.78 is 25.4. The number of amides is 1. The molecule has 1 saturated heterocycles. The van der Waals surface area contributed by atoms with Gasteiger partial charge in [0.25, 0.3) is 0 Å². The van der Waals surface area contributed by atoms with Gasteiger partial charge < -0.3 is 14.4 Å². The highest BCUT2D eigenvalue weighted by molar-refractivity contribution is 8.03. The van der Waals surface area contributed by atoms with Crippen molar-refractivity contribution in [2.24, 2.45) is 10.9 Å². The molecule has 0 N–H and O–H groups in total. The second kappa shape index (κ2) is 9.60. The lowest BCUT2D eigenvalue weighted by atomic mass is 9.98. The van der Waals surface area contributed by atoms with Crippen LogP contribution in [0.15, 0.2) is 40.6 Å². The van der Waals surface area contributed by atoms with Crippen molar-refractivity contribution in [1.82, 2.24) is 25.1 Å². The van der Waals surface area contributed by atoms with Gasteiger partial charge in [0.05, 0.1) is 27.2 Å². The number of carbonyl (C=O) groups is 1. The molecule has 1 aromatic heterocycles. The predicted octanol–water partition coefficient (Wildman–Crippen LogP) is 3.34. The van der Waals surface area contributed by atoms with E-state index in [1.54, 1.807) is 28.5 Å². The number of aliphatic imine (C=N–C) groups is 1. The summed E-state index contributed by atoms with van der Waals surface area (Å²) in [6, 6.07) is 5.20. The first-order valence-electron chi connectivity index (χ1n) is 10.5. The van der Waals surface area contributed by atoms with Crippen molar-refractivity contribution < 1.29 is 18.5 Å². The Balaban J connectivity index is 1.32. The molecule has 33 heavy (non-hydrogen) atoms. The molecule has 4 rings (SSSR count). The number of rotatable bonds is 5. The Hall–Kier alpha value is -2.79. The lowest BCUT2D eigenvalue weighted by Crippen LogP contribution is -2.43. The average Bonchev–Trinajstić information content (AvgIpc) is 3.42. The van der Waals surface area contributed by atoms with Gasteiger partial charge in [0.1, 0.15) is 29.3 Å². The molecule has 10 nitrogen and oxygen atoms in total. The fourth-order valence-electron chi connectivity index (χ4n) is 3.53. The number of halogens is 1. The first kappa shape index (κ1) is 23.4. The number of likely N-dealkylation sites (tertiary alicyclic amines) is 1. The molecule has 0 saturated carbocycles. The van der Waals surface area contributed by atoms with E-state index in [0.29, 0.717) is 53.1 Å². The highest BCUT2D eigenvalue weighted by atomic mass is 35.5. The third-order valence-electron chi connectivity index (χ3n) is 5.10. The molecule has 2 aliphatic rings. The highest BCUT2D eigenvalue weighted by Crippen LogP contribution is 2.29. The smallest absolute Gasteiger partial charge is 0.410 e. The number of aromatic nitrogens is 4. The van der Waals surface area contributed by atoms with Gasteiger partial charge in [0, 0.05) is 24.4 Å². The van der Waals surface area contributed by atoms with E-state index in [-0.39, 0.29) is 18.6 Å². The fraction of sp³-hybridized carbons (Fsp3) is 0.476. The molecule has 12 heteroatoms. The Labute approximate surface area is 199 Å². The van der Waals surface area contributed by atoms with Crippen LogP contribution in [0.5, 0.6) is 5.75 Å². The maximum atomic E-state index is 12.6. The van der Waals surface area contributed by atoms with Crippen molar-refractivity contribution >= 4 is 33.5 Å². The average molecular weight is 493 g/mol. The van der Waals surface area contributed by atoms with Crippen LogP contribution >= 0.6 is 11.6 Å². The normalized spacial score (nSPS) is 19.3. The molecule has 0 radical (unpaired) electrons. The lowest BCUT2D eigenvalue weighted by Gasteiger charge is -2.33. The van der Waals surface area contributed by atoms with Crippen molar-refractivity contribution in [3.8, 4) is 11.4 Å². The van der Waals surface area contributed by atoms with E-state index in [4.69, 9.17) is 21.1 Å². The second-order valence-electron chi connectivity index (χ2n) is 8.76. The van der Waals surface area contributed by atoms with E-state index in [9.17, 15) is 9.00 Å². The SMILES string of the molecule is CC(C)(C)OC(=O)N1CCC(C2=NC(COc3ccc(-n4cnnn4)cc3Cl)=CS2=O)CC1. The summed E-state index contributed by atoms with van der Waals surface area (Å²) >= 11 is 6.33. The van der Waals surface area contributed by atoms with Gasteiger partial charge in [-0.05, 0) is 62.2 Å². The first-order chi connectivity index (χ1) is 15.7. The monoisotopic (exact) mass is 492 g/mol. The number of nitrogens with zero attached hydrogens (tertiary/aromatic N) is 6. The topological polar surface area (TPSA) is 112 Å². The Kier molecular flexibility index (Phi) is 6.80. The molecule has 0 bridgehead atoms. The molecule has 0 spiro atoms. The van der Waals surface area contributed by atoms with Gasteiger partial charge in [-0.2, -0.15) is 0 Å². The zero-order valence-corrected chi connectivity index (χ0v) is 20.2. The van der Waals surface area contributed by atoms with Crippen LogP contribution < -0.4 is 4.74 Å². The molecule has 2 aromatic rings. The zero-order valence-electron chi connectivity index (χ0n) is 18.6. The zero-order chi connectivity index (χ0) is 23.6. The third-order valence-corrected chi connectivity index (χ3v) is 6.72. The van der Waals surface area contributed by atoms with Crippen LogP contribution in [0.2, 0.25) is 5.02 Å². The van der Waals surface area contributed by atoms with Gasteiger partial charge in [-0.1, -0.05) is 11.6 Å². The molecule has 0 aliphatic carbocycles. The van der Waals surface area contributed by atoms with Gasteiger partial charge in [0.2, 0.25) is 0 Å². The van der Waals surface area contributed by atoms with Crippen LogP contribution in [-0.4, -0.2) is 65.8 Å². The third kappa shape index (κ3) is 5.77. The maximum absolute atomic E-state index is 12.6. The molecule has 1 unspecified atom stereocenters. The van der Waals surface area contributed by atoms with Crippen molar-refractivity contribution in [1.29, 1.82) is 0 Å². The molecule has 1 atom stereocenters.